The predicted molar refractivity (Wildman–Crippen MR) is 132 cm³/mol. The van der Waals surface area contributed by atoms with Crippen molar-refractivity contribution in [3.8, 4) is 11.8 Å². The molecule has 0 fully saturated rings. The van der Waals surface area contributed by atoms with Gasteiger partial charge in [0, 0.05) is 9.61 Å². The van der Waals surface area contributed by atoms with Crippen molar-refractivity contribution in [2.45, 2.75) is 26.5 Å². The second-order valence-electron chi connectivity index (χ2n) is 6.03. The van der Waals surface area contributed by atoms with Crippen molar-refractivity contribution in [2.24, 2.45) is 0 Å². The van der Waals surface area contributed by atoms with Crippen LogP contribution in [0.3, 0.4) is 0 Å². The quantitative estimate of drug-likeness (QED) is 0.246. The number of halogens is 3. The zero-order valence-corrected chi connectivity index (χ0v) is 21.2. The highest BCUT2D eigenvalue weighted by Crippen LogP contribution is 2.30. The van der Waals surface area contributed by atoms with E-state index in [4.69, 9.17) is 4.74 Å². The lowest BCUT2D eigenvalue weighted by Crippen LogP contribution is -2.30. The van der Waals surface area contributed by atoms with Crippen LogP contribution in [0.25, 0.3) is 6.08 Å². The summed E-state index contributed by atoms with van der Waals surface area (Å²) < 4.78 is 9.04. The van der Waals surface area contributed by atoms with E-state index in [1.54, 1.807) is 6.08 Å². The number of carbonyl (C=O) groups excluding carboxylic acids is 1. The van der Waals surface area contributed by atoms with Crippen LogP contribution < -0.4 is 10.1 Å². The molecule has 140 valence electrons. The van der Waals surface area contributed by atoms with Crippen LogP contribution in [0.15, 0.2) is 42.0 Å². The maximum absolute atomic E-state index is 12.1. The third-order valence-corrected chi connectivity index (χ3v) is 5.73. The van der Waals surface area contributed by atoms with Gasteiger partial charge in [0.1, 0.15) is 24.0 Å². The average Bonchev–Trinajstić information content (AvgIpc) is 2.59. The number of ether oxygens (including phenoxy) is 1. The van der Waals surface area contributed by atoms with Gasteiger partial charge < -0.3 is 10.1 Å². The van der Waals surface area contributed by atoms with E-state index >= 15 is 0 Å². The van der Waals surface area contributed by atoms with Gasteiger partial charge in [-0.2, -0.15) is 5.26 Å². The second-order valence-corrected chi connectivity index (χ2v) is 9.60. The van der Waals surface area contributed by atoms with E-state index in [2.05, 4.69) is 85.2 Å². The van der Waals surface area contributed by atoms with Crippen molar-refractivity contribution in [1.29, 1.82) is 5.26 Å². The van der Waals surface area contributed by atoms with Crippen molar-refractivity contribution in [2.75, 3.05) is 0 Å². The van der Waals surface area contributed by atoms with Gasteiger partial charge >= 0.3 is 0 Å². The Morgan fingerprint density at radius 2 is 1.78 bits per heavy atom. The van der Waals surface area contributed by atoms with E-state index in [9.17, 15) is 10.1 Å². The molecule has 0 aliphatic carbocycles. The molecule has 0 spiro atoms. The summed E-state index contributed by atoms with van der Waals surface area (Å²) in [5.41, 5.74) is 1.98. The summed E-state index contributed by atoms with van der Waals surface area (Å²) in [5, 5.41) is 12.0. The predicted octanol–water partition coefficient (Wildman–Crippen LogP) is 5.51. The summed E-state index contributed by atoms with van der Waals surface area (Å²) in [5.74, 6) is 0.439. The topological polar surface area (TPSA) is 62.1 Å². The molecule has 0 aliphatic heterocycles. The van der Waals surface area contributed by atoms with Gasteiger partial charge in [-0.05, 0) is 123 Å². The monoisotopic (exact) mass is 698 g/mol. The van der Waals surface area contributed by atoms with E-state index in [0.717, 1.165) is 24.0 Å². The molecular weight excluding hydrogens is 681 g/mol. The molecule has 0 aliphatic rings. The van der Waals surface area contributed by atoms with Crippen LogP contribution in [0.2, 0.25) is 0 Å². The van der Waals surface area contributed by atoms with Gasteiger partial charge in [-0.25, -0.2) is 0 Å². The first-order chi connectivity index (χ1) is 12.8. The van der Waals surface area contributed by atoms with E-state index in [0.29, 0.717) is 6.61 Å². The van der Waals surface area contributed by atoms with Crippen molar-refractivity contribution in [1.82, 2.24) is 5.32 Å². The molecule has 1 N–H and O–H groups in total. The number of nitrogens with one attached hydrogen (secondary N) is 1. The molecule has 0 bridgehead atoms. The van der Waals surface area contributed by atoms with Crippen molar-refractivity contribution < 1.29 is 9.53 Å². The van der Waals surface area contributed by atoms with Gasteiger partial charge in [-0.15, -0.1) is 0 Å². The Morgan fingerprint density at radius 3 is 2.30 bits per heavy atom. The van der Waals surface area contributed by atoms with Crippen LogP contribution in [-0.2, 0) is 11.4 Å². The van der Waals surface area contributed by atoms with Crippen LogP contribution in [-0.4, -0.2) is 11.9 Å². The third-order valence-electron chi connectivity index (χ3n) is 3.41. The molecule has 0 heterocycles. The molecule has 0 radical (unpaired) electrons. The van der Waals surface area contributed by atoms with Gasteiger partial charge in [0.05, 0.1) is 7.14 Å². The first-order valence-corrected chi connectivity index (χ1v) is 11.3. The van der Waals surface area contributed by atoms with Crippen molar-refractivity contribution >= 4 is 79.8 Å². The summed E-state index contributed by atoms with van der Waals surface area (Å²) in [4.78, 5) is 12.1. The Bertz CT molecular complexity index is 877. The first kappa shape index (κ1) is 22.4. The minimum absolute atomic E-state index is 0.0217. The average molecular weight is 698 g/mol. The number of amides is 1. The van der Waals surface area contributed by atoms with Crippen LogP contribution in [0.4, 0.5) is 0 Å². The number of rotatable bonds is 6. The maximum Gasteiger partial charge on any atom is 0.262 e. The number of hydrogen-bond donors (Lipinski definition) is 1. The fourth-order valence-electron chi connectivity index (χ4n) is 2.19. The summed E-state index contributed by atoms with van der Waals surface area (Å²) in [6, 6.07) is 14.0. The normalized spacial score (nSPS) is 11.2. The van der Waals surface area contributed by atoms with E-state index < -0.39 is 0 Å². The molecule has 0 saturated carbocycles. The third kappa shape index (κ3) is 6.90. The standard InChI is InChI=1S/C20H17I3N2O2/c1-12(2)25-20(26)15(10-24)7-14-8-17(22)19(18(23)9-14)27-11-13-3-5-16(21)6-4-13/h3-9,12H,11H2,1-2H3,(H,25,26)/b15-7-. The minimum atomic E-state index is -0.364. The molecule has 0 atom stereocenters. The molecule has 1 amide bonds. The summed E-state index contributed by atoms with van der Waals surface area (Å²) in [6.07, 6.45) is 1.60. The molecule has 2 aromatic rings. The zero-order chi connectivity index (χ0) is 20.0. The molecule has 2 aromatic carbocycles. The zero-order valence-electron chi connectivity index (χ0n) is 14.7. The number of nitriles is 1. The highest BCUT2D eigenvalue weighted by molar-refractivity contribution is 14.1. The molecule has 0 unspecified atom stereocenters. The molecule has 7 heteroatoms. The smallest absolute Gasteiger partial charge is 0.262 e. The Balaban J connectivity index is 2.20. The number of benzene rings is 2. The van der Waals surface area contributed by atoms with E-state index in [-0.39, 0.29) is 17.5 Å². The van der Waals surface area contributed by atoms with Crippen molar-refractivity contribution in [3.63, 3.8) is 0 Å². The SMILES string of the molecule is CC(C)NC(=O)/C(C#N)=C\c1cc(I)c(OCc2ccc(I)cc2)c(I)c1. The maximum atomic E-state index is 12.1. The van der Waals surface area contributed by atoms with E-state index in [1.165, 1.54) is 3.57 Å². The molecule has 2 rings (SSSR count). The molecule has 0 saturated heterocycles. The number of carbonyl (C=O) groups is 1. The van der Waals surface area contributed by atoms with Crippen LogP contribution in [0, 0.1) is 22.0 Å². The lowest BCUT2D eigenvalue weighted by atomic mass is 10.1. The van der Waals surface area contributed by atoms with Gasteiger partial charge in [-0.3, -0.25) is 4.79 Å². The summed E-state index contributed by atoms with van der Waals surface area (Å²) >= 11 is 6.70. The number of nitrogens with zero attached hydrogens (tertiary/aromatic N) is 1. The summed E-state index contributed by atoms with van der Waals surface area (Å²) in [6.45, 7) is 4.20. The molecular formula is C20H17I3N2O2. The Kier molecular flexibility index (Phi) is 8.81. The van der Waals surface area contributed by atoms with Crippen LogP contribution >= 0.6 is 67.8 Å². The highest BCUT2D eigenvalue weighted by Gasteiger charge is 2.13. The van der Waals surface area contributed by atoms with Crippen LogP contribution in [0.5, 0.6) is 5.75 Å². The first-order valence-electron chi connectivity index (χ1n) is 8.09. The highest BCUT2D eigenvalue weighted by atomic mass is 127. The Morgan fingerprint density at radius 1 is 1.19 bits per heavy atom. The Hall–Kier alpha value is -0.870. The van der Waals surface area contributed by atoms with E-state index in [1.807, 2.05) is 44.2 Å². The number of hydrogen-bond acceptors (Lipinski definition) is 3. The van der Waals surface area contributed by atoms with Gasteiger partial charge in [0.2, 0.25) is 0 Å². The largest absolute Gasteiger partial charge is 0.487 e. The minimum Gasteiger partial charge on any atom is -0.487 e. The molecule has 0 aromatic heterocycles. The fraction of sp³-hybridized carbons (Fsp3) is 0.200. The van der Waals surface area contributed by atoms with Gasteiger partial charge in [0.15, 0.2) is 0 Å². The molecule has 27 heavy (non-hydrogen) atoms. The van der Waals surface area contributed by atoms with Crippen molar-refractivity contribution in [3.05, 3.63) is 63.8 Å². The molecule has 4 nitrogen and oxygen atoms in total. The summed E-state index contributed by atoms with van der Waals surface area (Å²) in [7, 11) is 0. The lowest BCUT2D eigenvalue weighted by Gasteiger charge is -2.12. The fourth-order valence-corrected chi connectivity index (χ4v) is 4.68. The lowest BCUT2D eigenvalue weighted by molar-refractivity contribution is -0.117. The van der Waals surface area contributed by atoms with Gasteiger partial charge in [0.25, 0.3) is 5.91 Å². The van der Waals surface area contributed by atoms with Crippen LogP contribution in [0.1, 0.15) is 25.0 Å². The van der Waals surface area contributed by atoms with Gasteiger partial charge in [-0.1, -0.05) is 12.1 Å². The Labute approximate surface area is 200 Å². The second kappa shape index (κ2) is 10.6.